The van der Waals surface area contributed by atoms with Gasteiger partial charge in [0.15, 0.2) is 0 Å². The van der Waals surface area contributed by atoms with E-state index in [4.69, 9.17) is 32.7 Å². The molecule has 0 radical (unpaired) electrons. The zero-order chi connectivity index (χ0) is 47.7. The molecule has 0 bridgehead atoms. The van der Waals surface area contributed by atoms with Gasteiger partial charge in [-0.15, -0.1) is 12.4 Å². The Morgan fingerprint density at radius 1 is 0.636 bits per heavy atom. The van der Waals surface area contributed by atoms with E-state index in [0.717, 1.165) is 16.4 Å². The largest absolute Gasteiger partial charge is 0.465 e. The fourth-order valence-electron chi connectivity index (χ4n) is 6.53. The first-order valence-electron chi connectivity index (χ1n) is 20.1. The van der Waals surface area contributed by atoms with Gasteiger partial charge in [0.25, 0.3) is 0 Å². The van der Waals surface area contributed by atoms with Gasteiger partial charge in [0.05, 0.1) is 59.9 Å². The summed E-state index contributed by atoms with van der Waals surface area (Å²) < 4.78 is 101. The predicted octanol–water partition coefficient (Wildman–Crippen LogP) is 6.91. The van der Waals surface area contributed by atoms with E-state index < -0.39 is 55.7 Å². The lowest BCUT2D eigenvalue weighted by molar-refractivity contribution is 0.0192. The van der Waals surface area contributed by atoms with Gasteiger partial charge in [-0.05, 0) is 92.6 Å². The number of ether oxygens (including phenoxy) is 3. The molecule has 6 rings (SSSR count). The van der Waals surface area contributed by atoms with E-state index in [0.29, 0.717) is 48.4 Å². The number of hydrogen-bond donors (Lipinski definition) is 1. The highest BCUT2D eigenvalue weighted by Gasteiger charge is 2.36. The summed E-state index contributed by atoms with van der Waals surface area (Å²) in [6.07, 6.45) is -0.507. The molecule has 0 unspecified atom stereocenters. The molecular formula is C43H51Cl3F2N6O10S2. The second-order valence-corrected chi connectivity index (χ2v) is 20.1. The molecule has 4 aromatic rings. The molecule has 2 saturated heterocycles. The first kappa shape index (κ1) is 53.8. The number of carbonyl (C=O) groups is 3. The number of piperazine rings is 2. The summed E-state index contributed by atoms with van der Waals surface area (Å²) >= 11 is 11.9. The SMILES string of the molecule is COC(=O)c1ccc(CN(c2ccc(F)c(Cl)c2)S(=O)(=O)N2CCN(C(=O)OC(C)(C)C)CC2)cc1.COC(=O)c1ccc(CN(c2ccc(F)c(Cl)c2)S(=O)(=O)N2CCNCC2)cc1.Cl. The van der Waals surface area contributed by atoms with Crippen molar-refractivity contribution >= 4 is 85.4 Å². The maximum atomic E-state index is 13.8. The second-order valence-electron chi connectivity index (χ2n) is 15.6. The van der Waals surface area contributed by atoms with Crippen molar-refractivity contribution in [1.29, 1.82) is 0 Å². The summed E-state index contributed by atoms with van der Waals surface area (Å²) in [6.45, 7) is 7.33. The number of methoxy groups -OCH3 is 2. The number of hydrogen-bond acceptors (Lipinski definition) is 11. The molecule has 360 valence electrons. The van der Waals surface area contributed by atoms with Crippen LogP contribution in [0.15, 0.2) is 84.9 Å². The highest BCUT2D eigenvalue weighted by Crippen LogP contribution is 2.30. The Morgan fingerprint density at radius 3 is 1.36 bits per heavy atom. The summed E-state index contributed by atoms with van der Waals surface area (Å²) in [5.41, 5.74) is 1.68. The second kappa shape index (κ2) is 23.3. The number of halogens is 5. The molecule has 1 amide bonds. The number of benzene rings is 4. The van der Waals surface area contributed by atoms with Crippen LogP contribution in [-0.4, -0.2) is 121 Å². The molecule has 2 fully saturated rings. The van der Waals surface area contributed by atoms with E-state index in [9.17, 15) is 40.0 Å². The molecule has 1 N–H and O–H groups in total. The minimum atomic E-state index is -4.11. The van der Waals surface area contributed by atoms with Crippen molar-refractivity contribution in [3.8, 4) is 0 Å². The van der Waals surface area contributed by atoms with Crippen LogP contribution < -0.4 is 13.9 Å². The monoisotopic (exact) mass is 1020 g/mol. The number of nitrogens with one attached hydrogen (secondary N) is 1. The first-order chi connectivity index (χ1) is 30.6. The topological polar surface area (TPSA) is 175 Å². The normalized spacial score (nSPS) is 14.8. The highest BCUT2D eigenvalue weighted by atomic mass is 35.5. The number of esters is 2. The van der Waals surface area contributed by atoms with Crippen molar-refractivity contribution in [2.75, 3.05) is 75.2 Å². The summed E-state index contributed by atoms with van der Waals surface area (Å²) in [5, 5.41) is 2.73. The molecule has 0 saturated carbocycles. The maximum absolute atomic E-state index is 13.8. The van der Waals surface area contributed by atoms with Gasteiger partial charge in [0, 0.05) is 52.4 Å². The lowest BCUT2D eigenvalue weighted by atomic mass is 10.1. The lowest BCUT2D eigenvalue weighted by Crippen LogP contribution is -2.54. The third kappa shape index (κ3) is 13.9. The van der Waals surface area contributed by atoms with Crippen LogP contribution in [0.25, 0.3) is 0 Å². The van der Waals surface area contributed by atoms with E-state index in [1.807, 2.05) is 0 Å². The van der Waals surface area contributed by atoms with Crippen LogP contribution in [0.2, 0.25) is 10.0 Å². The standard InChI is InChI=1S/C24H29ClFN3O6S.C19H21ClFN3O4S.ClH/c1-24(2,3)35-23(31)27-11-13-28(14-12-27)36(32,33)29(19-9-10-21(26)20(25)15-19)16-17-5-7-18(8-6-17)22(30)34-4;1-28-19(25)15-4-2-14(3-5-15)13-24(16-6-7-18(21)17(20)12-16)29(26,27)23-10-8-22-9-11-23;/h5-10,15H,11-14,16H2,1-4H3;2-7,12,22H,8-11,13H2,1H3;1H. The van der Waals surface area contributed by atoms with Gasteiger partial charge in [0.2, 0.25) is 0 Å². The maximum Gasteiger partial charge on any atom is 0.410 e. The molecular weight excluding hydrogens is 969 g/mol. The van der Waals surface area contributed by atoms with E-state index >= 15 is 0 Å². The molecule has 0 aromatic heterocycles. The van der Waals surface area contributed by atoms with E-state index in [1.54, 1.807) is 57.2 Å². The highest BCUT2D eigenvalue weighted by molar-refractivity contribution is 7.90. The Kier molecular flexibility index (Phi) is 19.0. The molecule has 23 heteroatoms. The molecule has 0 spiro atoms. The van der Waals surface area contributed by atoms with Crippen LogP contribution in [0.1, 0.15) is 52.6 Å². The van der Waals surface area contributed by atoms with Crippen molar-refractivity contribution in [3.05, 3.63) is 129 Å². The molecule has 16 nitrogen and oxygen atoms in total. The fourth-order valence-corrected chi connectivity index (χ4v) is 10.1. The minimum Gasteiger partial charge on any atom is -0.465 e. The summed E-state index contributed by atoms with van der Waals surface area (Å²) in [6, 6.07) is 20.2. The molecule has 2 heterocycles. The molecule has 2 aliphatic rings. The van der Waals surface area contributed by atoms with Crippen LogP contribution in [0, 0.1) is 11.6 Å². The average molecular weight is 1020 g/mol. The summed E-state index contributed by atoms with van der Waals surface area (Å²) in [4.78, 5) is 37.2. The van der Waals surface area contributed by atoms with Gasteiger partial charge in [-0.3, -0.25) is 8.61 Å². The third-order valence-electron chi connectivity index (χ3n) is 9.96. The quantitative estimate of drug-likeness (QED) is 0.115. The lowest BCUT2D eigenvalue weighted by Gasteiger charge is -2.37. The van der Waals surface area contributed by atoms with E-state index in [-0.39, 0.29) is 73.1 Å². The van der Waals surface area contributed by atoms with Crippen LogP contribution in [-0.2, 0) is 47.7 Å². The molecule has 66 heavy (non-hydrogen) atoms. The average Bonchev–Trinajstić information content (AvgIpc) is 3.29. The van der Waals surface area contributed by atoms with Crippen molar-refractivity contribution in [1.82, 2.24) is 18.8 Å². The van der Waals surface area contributed by atoms with Crippen molar-refractivity contribution in [2.24, 2.45) is 0 Å². The van der Waals surface area contributed by atoms with Gasteiger partial charge >= 0.3 is 38.5 Å². The summed E-state index contributed by atoms with van der Waals surface area (Å²) in [5.74, 6) is -2.30. The van der Waals surface area contributed by atoms with Crippen LogP contribution >= 0.6 is 35.6 Å². The van der Waals surface area contributed by atoms with Gasteiger partial charge in [-0.2, -0.15) is 25.4 Å². The minimum absolute atomic E-state index is 0. The van der Waals surface area contributed by atoms with Gasteiger partial charge in [-0.25, -0.2) is 23.2 Å². The van der Waals surface area contributed by atoms with Gasteiger partial charge in [0.1, 0.15) is 17.2 Å². The number of anilines is 2. The Bertz CT molecular complexity index is 2540. The Labute approximate surface area is 400 Å². The van der Waals surface area contributed by atoms with Crippen LogP contribution in [0.4, 0.5) is 25.0 Å². The summed E-state index contributed by atoms with van der Waals surface area (Å²) in [7, 11) is -5.43. The molecule has 0 aliphatic carbocycles. The first-order valence-corrected chi connectivity index (χ1v) is 23.7. The zero-order valence-electron chi connectivity index (χ0n) is 36.7. The van der Waals surface area contributed by atoms with Gasteiger partial charge < -0.3 is 24.4 Å². The Morgan fingerprint density at radius 2 is 1.02 bits per heavy atom. The number of amides is 1. The number of rotatable bonds is 12. The van der Waals surface area contributed by atoms with E-state index in [1.165, 1.54) is 68.4 Å². The molecule has 4 aromatic carbocycles. The van der Waals surface area contributed by atoms with Crippen molar-refractivity contribution in [3.63, 3.8) is 0 Å². The number of carbonyl (C=O) groups excluding carboxylic acids is 3. The van der Waals surface area contributed by atoms with Crippen molar-refractivity contribution in [2.45, 2.75) is 39.5 Å². The fraction of sp³-hybridized carbons (Fsp3) is 0.372. The molecule has 2 aliphatic heterocycles. The Hall–Kier alpha value is -4.80. The third-order valence-corrected chi connectivity index (χ3v) is 14.4. The Balaban J connectivity index is 0.000000290. The molecule has 0 atom stereocenters. The van der Waals surface area contributed by atoms with Crippen molar-refractivity contribution < 1.29 is 54.2 Å². The predicted molar refractivity (Wildman–Crippen MR) is 250 cm³/mol. The van der Waals surface area contributed by atoms with Crippen LogP contribution in [0.3, 0.4) is 0 Å². The van der Waals surface area contributed by atoms with E-state index in [2.05, 4.69) is 10.1 Å². The van der Waals surface area contributed by atoms with Crippen LogP contribution in [0.5, 0.6) is 0 Å². The van der Waals surface area contributed by atoms with Gasteiger partial charge in [-0.1, -0.05) is 47.5 Å². The smallest absolute Gasteiger partial charge is 0.410 e. The zero-order valence-corrected chi connectivity index (χ0v) is 40.7. The number of nitrogens with zero attached hydrogens (tertiary/aromatic N) is 5.